The molecule has 0 unspecified atom stereocenters. The van der Waals surface area contributed by atoms with Crippen molar-refractivity contribution in [2.75, 3.05) is 0 Å². The van der Waals surface area contributed by atoms with Gasteiger partial charge in [0, 0.05) is 19.3 Å². The third-order valence-electron chi connectivity index (χ3n) is 11.1. The Balaban J connectivity index is 4.31. The Labute approximate surface area is 362 Å². The fourth-order valence-corrected chi connectivity index (χ4v) is 7.28. The molecule has 0 saturated heterocycles. The lowest BCUT2D eigenvalue weighted by molar-refractivity contribution is -0.165. The molecule has 0 aromatic rings. The number of hydrogen-bond donors (Lipinski definition) is 0. The van der Waals surface area contributed by atoms with E-state index in [2.05, 4.69) is 69.4 Å². The van der Waals surface area contributed by atoms with E-state index < -0.39 is 0 Å². The van der Waals surface area contributed by atoms with E-state index in [1.54, 1.807) is 0 Å². The fraction of sp³-hybridized carbons (Fsp3) is 0.796. The van der Waals surface area contributed by atoms with Gasteiger partial charge in [-0.25, -0.2) is 0 Å². The summed E-state index contributed by atoms with van der Waals surface area (Å²) in [4.78, 5) is 25.6. The maximum atomic E-state index is 12.8. The number of rotatable bonds is 46. The maximum Gasteiger partial charge on any atom is 0.334 e. The Morgan fingerprint density at radius 1 is 0.293 bits per heavy atom. The second kappa shape index (κ2) is 49.3. The van der Waals surface area contributed by atoms with Crippen LogP contribution in [-0.2, 0) is 19.1 Å². The summed E-state index contributed by atoms with van der Waals surface area (Å²) in [6, 6.07) is 0. The van der Waals surface area contributed by atoms with Gasteiger partial charge in [0.2, 0.25) is 0 Å². The summed E-state index contributed by atoms with van der Waals surface area (Å²) in [6.45, 7) is 6.78. The molecule has 0 amide bonds. The van der Waals surface area contributed by atoms with Gasteiger partial charge < -0.3 is 9.47 Å². The van der Waals surface area contributed by atoms with Crippen molar-refractivity contribution >= 4 is 11.9 Å². The van der Waals surface area contributed by atoms with Gasteiger partial charge in [0.1, 0.15) is 0 Å². The lowest BCUT2D eigenvalue weighted by atomic mass is 10.0. The first kappa shape index (κ1) is 55.9. The molecule has 0 aliphatic rings. The summed E-state index contributed by atoms with van der Waals surface area (Å²) >= 11 is 0. The van der Waals surface area contributed by atoms with Crippen LogP contribution < -0.4 is 0 Å². The second-order valence-electron chi connectivity index (χ2n) is 17.0. The Morgan fingerprint density at radius 3 is 0.862 bits per heavy atom. The molecule has 0 spiro atoms. The molecule has 0 saturated carbocycles. The van der Waals surface area contributed by atoms with Gasteiger partial charge in [-0.2, -0.15) is 0 Å². The third kappa shape index (κ3) is 46.6. The highest BCUT2D eigenvalue weighted by Crippen LogP contribution is 2.21. The van der Waals surface area contributed by atoms with Crippen molar-refractivity contribution in [3.8, 4) is 0 Å². The van der Waals surface area contributed by atoms with Crippen LogP contribution in [0.1, 0.15) is 278 Å². The van der Waals surface area contributed by atoms with Crippen molar-refractivity contribution in [1.82, 2.24) is 0 Å². The molecular weight excluding hydrogens is 713 g/mol. The molecule has 0 N–H and O–H groups in total. The van der Waals surface area contributed by atoms with Crippen molar-refractivity contribution in [2.24, 2.45) is 0 Å². The average Bonchev–Trinajstić information content (AvgIpc) is 3.22. The van der Waals surface area contributed by atoms with E-state index in [0.717, 1.165) is 77.0 Å². The molecule has 0 atom stereocenters. The lowest BCUT2D eigenvalue weighted by Crippen LogP contribution is -2.18. The molecule has 4 heteroatoms. The minimum Gasteiger partial charge on any atom is -0.414 e. The first-order valence-electron chi connectivity index (χ1n) is 25.5. The van der Waals surface area contributed by atoms with Crippen LogP contribution >= 0.6 is 0 Å². The van der Waals surface area contributed by atoms with Crippen LogP contribution in [0.5, 0.6) is 0 Å². The summed E-state index contributed by atoms with van der Waals surface area (Å²) in [5, 5.41) is 0. The molecule has 0 aromatic carbocycles. The van der Waals surface area contributed by atoms with E-state index in [1.807, 2.05) is 0 Å². The monoisotopic (exact) mass is 810 g/mol. The highest BCUT2D eigenvalue weighted by molar-refractivity contribution is 5.72. The number of unbranched alkanes of at least 4 members (excludes halogenated alkanes) is 30. The molecule has 1 radical (unpaired) electrons. The molecule has 0 heterocycles. The van der Waals surface area contributed by atoms with Gasteiger partial charge in [0.25, 0.3) is 0 Å². The van der Waals surface area contributed by atoms with E-state index >= 15 is 0 Å². The van der Waals surface area contributed by atoms with Gasteiger partial charge in [0.15, 0.2) is 0 Å². The largest absolute Gasteiger partial charge is 0.414 e. The maximum absolute atomic E-state index is 12.8. The lowest BCUT2D eigenvalue weighted by Gasteiger charge is -2.16. The predicted octanol–water partition coefficient (Wildman–Crippen LogP) is 18.5. The van der Waals surface area contributed by atoms with E-state index in [-0.39, 0.29) is 18.2 Å². The van der Waals surface area contributed by atoms with Crippen LogP contribution in [0.2, 0.25) is 0 Å². The predicted molar refractivity (Wildman–Crippen MR) is 254 cm³/mol. The molecule has 4 nitrogen and oxygen atoms in total. The van der Waals surface area contributed by atoms with Crippen molar-refractivity contribution in [3.05, 3.63) is 54.9 Å². The zero-order valence-corrected chi connectivity index (χ0v) is 39.0. The molecule has 0 aliphatic carbocycles. The zero-order valence-electron chi connectivity index (χ0n) is 39.0. The standard InChI is InChI=1S/C54H97O4/c1-4-7-10-13-16-19-22-25-28-31-34-37-40-43-46-49-52(55)57-54(51-48-45-42-39-36-33-30-27-24-21-18-15-12-9-6-3)58-53(56)50-47-44-41-38-35-32-29-26-23-20-17-14-11-8-5-2/h16-17,19-20,25-26,28-29H,4-15,18,21-24,27,30-51H2,1-3H3/b19-16-,20-17-,28-25-,29-26-. The van der Waals surface area contributed by atoms with Crippen LogP contribution in [0.15, 0.2) is 48.6 Å². The van der Waals surface area contributed by atoms with Gasteiger partial charge in [-0.1, -0.05) is 223 Å². The highest BCUT2D eigenvalue weighted by Gasteiger charge is 2.21. The van der Waals surface area contributed by atoms with Crippen molar-refractivity contribution in [3.63, 3.8) is 0 Å². The van der Waals surface area contributed by atoms with E-state index in [9.17, 15) is 9.59 Å². The third-order valence-corrected chi connectivity index (χ3v) is 11.1. The highest BCUT2D eigenvalue weighted by atomic mass is 16.7. The Bertz CT molecular complexity index is 902. The number of hydrogen-bond acceptors (Lipinski definition) is 4. The summed E-state index contributed by atoms with van der Waals surface area (Å²) < 4.78 is 11.4. The van der Waals surface area contributed by atoms with Crippen LogP contribution in [0.25, 0.3) is 0 Å². The fourth-order valence-electron chi connectivity index (χ4n) is 7.28. The molecule has 0 aromatic heterocycles. The van der Waals surface area contributed by atoms with Crippen molar-refractivity contribution < 1.29 is 19.1 Å². The van der Waals surface area contributed by atoms with Crippen molar-refractivity contribution in [2.45, 2.75) is 278 Å². The number of carbonyl (C=O) groups excluding carboxylic acids is 2. The first-order valence-corrected chi connectivity index (χ1v) is 25.5. The van der Waals surface area contributed by atoms with E-state index in [4.69, 9.17) is 9.47 Å². The number of esters is 2. The molecule has 0 bridgehead atoms. The summed E-state index contributed by atoms with van der Waals surface area (Å²) in [6.07, 6.45) is 64.8. The molecule has 0 fully saturated rings. The minimum absolute atomic E-state index is 0.231. The number of allylic oxidation sites excluding steroid dienone is 8. The normalized spacial score (nSPS) is 12.1. The number of ether oxygens (including phenoxy) is 2. The zero-order chi connectivity index (χ0) is 42.1. The van der Waals surface area contributed by atoms with Gasteiger partial charge in [-0.3, -0.25) is 9.59 Å². The van der Waals surface area contributed by atoms with Gasteiger partial charge in [0.05, 0.1) is 0 Å². The second-order valence-corrected chi connectivity index (χ2v) is 17.0. The first-order chi connectivity index (χ1) is 28.6. The summed E-state index contributed by atoms with van der Waals surface area (Å²) in [5.74, 6) is -0.516. The average molecular weight is 810 g/mol. The quantitative estimate of drug-likeness (QED) is 0.0349. The Morgan fingerprint density at radius 2 is 0.534 bits per heavy atom. The van der Waals surface area contributed by atoms with Crippen LogP contribution in [-0.4, -0.2) is 11.9 Å². The Hall–Kier alpha value is -2.10. The van der Waals surface area contributed by atoms with Gasteiger partial charge in [-0.05, 0) is 83.5 Å². The summed E-state index contributed by atoms with van der Waals surface area (Å²) in [7, 11) is 0. The molecular formula is C54H97O4. The SMILES string of the molecule is CCCCC/C=C\C/C=C\CCCCCCCC(=O)O[C](CCCCCCCCCCCCCCCCC)OC(=O)CCCCCCC/C=C\C/C=C\CCCCC. The van der Waals surface area contributed by atoms with Crippen LogP contribution in [0.3, 0.4) is 0 Å². The van der Waals surface area contributed by atoms with E-state index in [1.165, 1.54) is 161 Å². The van der Waals surface area contributed by atoms with Gasteiger partial charge in [-0.15, -0.1) is 0 Å². The molecule has 337 valence electrons. The van der Waals surface area contributed by atoms with Crippen LogP contribution in [0.4, 0.5) is 0 Å². The smallest absolute Gasteiger partial charge is 0.334 e. The Kier molecular flexibility index (Phi) is 47.5. The topological polar surface area (TPSA) is 52.6 Å². The van der Waals surface area contributed by atoms with Crippen molar-refractivity contribution in [1.29, 1.82) is 0 Å². The minimum atomic E-state index is -0.258. The van der Waals surface area contributed by atoms with E-state index in [0.29, 0.717) is 19.3 Å². The molecule has 0 aliphatic heterocycles. The summed E-state index contributed by atoms with van der Waals surface area (Å²) in [5.41, 5.74) is 0. The van der Waals surface area contributed by atoms with Gasteiger partial charge >= 0.3 is 18.2 Å². The van der Waals surface area contributed by atoms with Crippen LogP contribution in [0, 0.1) is 6.29 Å². The molecule has 0 rings (SSSR count). The number of carbonyl (C=O) groups is 2. The molecule has 58 heavy (non-hydrogen) atoms.